The Morgan fingerprint density at radius 3 is 2.50 bits per heavy atom. The van der Waals surface area contributed by atoms with Crippen LogP contribution in [0.15, 0.2) is 11.4 Å². The van der Waals surface area contributed by atoms with Crippen molar-refractivity contribution in [1.29, 1.82) is 0 Å². The van der Waals surface area contributed by atoms with Crippen molar-refractivity contribution < 1.29 is 0 Å². The summed E-state index contributed by atoms with van der Waals surface area (Å²) in [5, 5.41) is 4.54. The lowest BCUT2D eigenvalue weighted by Crippen LogP contribution is -2.09. The van der Waals surface area contributed by atoms with Gasteiger partial charge in [-0.05, 0) is 18.3 Å². The van der Waals surface area contributed by atoms with Crippen molar-refractivity contribution in [2.45, 2.75) is 52.0 Å². The molecule has 0 amide bonds. The van der Waals surface area contributed by atoms with Gasteiger partial charge >= 0.3 is 0 Å². The van der Waals surface area contributed by atoms with Gasteiger partial charge in [-0.25, -0.2) is 9.97 Å². The highest BCUT2D eigenvalue weighted by molar-refractivity contribution is 7.99. The molecule has 102 valence electrons. The molecule has 1 aromatic heterocycles. The van der Waals surface area contributed by atoms with Crippen molar-refractivity contribution in [3.8, 4) is 0 Å². The molecule has 0 aromatic carbocycles. The Kier molecular flexibility index (Phi) is 6.47. The lowest BCUT2D eigenvalue weighted by Gasteiger charge is -2.16. The fourth-order valence-electron chi connectivity index (χ4n) is 1.64. The Balaban J connectivity index is 2.93. The predicted molar refractivity (Wildman–Crippen MR) is 80.5 cm³/mol. The molecule has 1 aromatic rings. The molecule has 0 saturated carbocycles. The first-order chi connectivity index (χ1) is 8.56. The molecule has 0 fully saturated rings. The van der Waals surface area contributed by atoms with E-state index in [1.165, 1.54) is 5.56 Å². The third-order valence-electron chi connectivity index (χ3n) is 2.52. The molecule has 0 unspecified atom stereocenters. The first-order valence-electron chi connectivity index (χ1n) is 6.77. The summed E-state index contributed by atoms with van der Waals surface area (Å²) < 4.78 is 0. The average Bonchev–Trinajstić information content (AvgIpc) is 2.33. The van der Waals surface area contributed by atoms with E-state index in [0.29, 0.717) is 11.8 Å². The molecule has 4 heteroatoms. The number of hydrogen-bond donors (Lipinski definition) is 1. The number of nitrogens with one attached hydrogen (secondary N) is 1. The molecule has 0 spiro atoms. The van der Waals surface area contributed by atoms with E-state index >= 15 is 0 Å². The summed E-state index contributed by atoms with van der Waals surface area (Å²) in [6.07, 6.45) is 2.78. The lowest BCUT2D eigenvalue weighted by molar-refractivity contribution is 0.746. The Hall–Kier alpha value is -0.770. The minimum atomic E-state index is 0.445. The summed E-state index contributed by atoms with van der Waals surface area (Å²) in [5.41, 5.74) is 1.26. The molecule has 0 bridgehead atoms. The zero-order chi connectivity index (χ0) is 13.5. The number of anilines is 1. The van der Waals surface area contributed by atoms with Gasteiger partial charge in [0, 0.05) is 17.9 Å². The van der Waals surface area contributed by atoms with Crippen LogP contribution in [0.4, 0.5) is 5.82 Å². The van der Waals surface area contributed by atoms with Crippen LogP contribution in [0.2, 0.25) is 0 Å². The number of rotatable bonds is 7. The second-order valence-electron chi connectivity index (χ2n) is 5.23. The molecule has 1 heterocycles. The van der Waals surface area contributed by atoms with Crippen LogP contribution in [0.25, 0.3) is 0 Å². The second kappa shape index (κ2) is 7.62. The minimum Gasteiger partial charge on any atom is -0.370 e. The summed E-state index contributed by atoms with van der Waals surface area (Å²) in [7, 11) is 0. The molecule has 0 radical (unpaired) electrons. The first kappa shape index (κ1) is 15.3. The van der Waals surface area contributed by atoms with Gasteiger partial charge in [-0.2, -0.15) is 0 Å². The van der Waals surface area contributed by atoms with Gasteiger partial charge in [0.15, 0.2) is 0 Å². The Morgan fingerprint density at radius 2 is 1.94 bits per heavy atom. The number of aromatic nitrogens is 2. The van der Waals surface area contributed by atoms with E-state index in [2.05, 4.69) is 49.9 Å². The van der Waals surface area contributed by atoms with E-state index in [9.17, 15) is 0 Å². The van der Waals surface area contributed by atoms with Gasteiger partial charge in [0.05, 0.1) is 0 Å². The standard InChI is InChI=1S/C14H25N3S/c1-6-7-15-13-12(11(4)5)14(17-9-16-13)18-8-10(2)3/h9-11H,6-8H2,1-5H3,(H,15,16,17). The van der Waals surface area contributed by atoms with Crippen LogP contribution in [0.5, 0.6) is 0 Å². The van der Waals surface area contributed by atoms with Crippen molar-refractivity contribution in [3.05, 3.63) is 11.9 Å². The molecule has 0 saturated heterocycles. The Bertz CT molecular complexity index is 364. The third-order valence-corrected chi connectivity index (χ3v) is 3.95. The van der Waals surface area contributed by atoms with E-state index in [0.717, 1.165) is 29.6 Å². The molecule has 1 N–H and O–H groups in total. The molecule has 1 rings (SSSR count). The molecular weight excluding hydrogens is 242 g/mol. The predicted octanol–water partition coefficient (Wildman–Crippen LogP) is 4.17. The normalized spacial score (nSPS) is 11.3. The van der Waals surface area contributed by atoms with Crippen LogP contribution in [-0.2, 0) is 0 Å². The van der Waals surface area contributed by atoms with Crippen LogP contribution >= 0.6 is 11.8 Å². The smallest absolute Gasteiger partial charge is 0.133 e. The first-order valence-corrected chi connectivity index (χ1v) is 7.76. The van der Waals surface area contributed by atoms with E-state index in [4.69, 9.17) is 0 Å². The van der Waals surface area contributed by atoms with Gasteiger partial charge < -0.3 is 5.32 Å². The molecule has 0 aliphatic heterocycles. The van der Waals surface area contributed by atoms with Gasteiger partial charge in [0.2, 0.25) is 0 Å². The fourth-order valence-corrected chi connectivity index (χ4v) is 2.75. The maximum atomic E-state index is 4.45. The Morgan fingerprint density at radius 1 is 1.22 bits per heavy atom. The van der Waals surface area contributed by atoms with Crippen molar-refractivity contribution in [2.75, 3.05) is 17.6 Å². The van der Waals surface area contributed by atoms with Gasteiger partial charge in [0.25, 0.3) is 0 Å². The SMILES string of the molecule is CCCNc1ncnc(SCC(C)C)c1C(C)C. The summed E-state index contributed by atoms with van der Waals surface area (Å²) in [6, 6.07) is 0. The van der Waals surface area contributed by atoms with Crippen LogP contribution in [0, 0.1) is 5.92 Å². The van der Waals surface area contributed by atoms with Crippen molar-refractivity contribution in [3.63, 3.8) is 0 Å². The quantitative estimate of drug-likeness (QED) is 0.594. The monoisotopic (exact) mass is 267 g/mol. The van der Waals surface area contributed by atoms with Gasteiger partial charge in [0.1, 0.15) is 17.2 Å². The van der Waals surface area contributed by atoms with Crippen LogP contribution in [-0.4, -0.2) is 22.3 Å². The highest BCUT2D eigenvalue weighted by Crippen LogP contribution is 2.32. The molecular formula is C14H25N3S. The maximum absolute atomic E-state index is 4.45. The molecule has 18 heavy (non-hydrogen) atoms. The van der Waals surface area contributed by atoms with Gasteiger partial charge in [-0.1, -0.05) is 34.6 Å². The van der Waals surface area contributed by atoms with E-state index in [1.807, 2.05) is 11.8 Å². The molecule has 0 atom stereocenters. The fraction of sp³-hybridized carbons (Fsp3) is 0.714. The largest absolute Gasteiger partial charge is 0.370 e. The van der Waals surface area contributed by atoms with E-state index in [1.54, 1.807) is 6.33 Å². The summed E-state index contributed by atoms with van der Waals surface area (Å²) >= 11 is 1.84. The Labute approximate surface area is 115 Å². The number of nitrogens with zero attached hydrogens (tertiary/aromatic N) is 2. The topological polar surface area (TPSA) is 37.8 Å². The maximum Gasteiger partial charge on any atom is 0.133 e. The summed E-state index contributed by atoms with van der Waals surface area (Å²) in [4.78, 5) is 8.84. The average molecular weight is 267 g/mol. The molecule has 0 aliphatic carbocycles. The number of hydrogen-bond acceptors (Lipinski definition) is 4. The highest BCUT2D eigenvalue weighted by Gasteiger charge is 2.15. The van der Waals surface area contributed by atoms with Crippen LogP contribution in [0.3, 0.4) is 0 Å². The van der Waals surface area contributed by atoms with Gasteiger partial charge in [-0.15, -0.1) is 11.8 Å². The number of thioether (sulfide) groups is 1. The molecule has 0 aliphatic rings. The summed E-state index contributed by atoms with van der Waals surface area (Å²) in [6.45, 7) is 12.0. The minimum absolute atomic E-state index is 0.445. The second-order valence-corrected chi connectivity index (χ2v) is 6.24. The van der Waals surface area contributed by atoms with Crippen LogP contribution < -0.4 is 5.32 Å². The third kappa shape index (κ3) is 4.48. The van der Waals surface area contributed by atoms with Crippen molar-refractivity contribution in [1.82, 2.24) is 9.97 Å². The van der Waals surface area contributed by atoms with Crippen LogP contribution in [0.1, 0.15) is 52.5 Å². The lowest BCUT2D eigenvalue weighted by atomic mass is 10.1. The van der Waals surface area contributed by atoms with Gasteiger partial charge in [-0.3, -0.25) is 0 Å². The summed E-state index contributed by atoms with van der Waals surface area (Å²) in [5.74, 6) is 3.23. The van der Waals surface area contributed by atoms with Crippen molar-refractivity contribution in [2.24, 2.45) is 5.92 Å². The van der Waals surface area contributed by atoms with E-state index < -0.39 is 0 Å². The van der Waals surface area contributed by atoms with E-state index in [-0.39, 0.29) is 0 Å². The van der Waals surface area contributed by atoms with Crippen molar-refractivity contribution >= 4 is 17.6 Å². The zero-order valence-corrected chi connectivity index (χ0v) is 13.0. The zero-order valence-electron chi connectivity index (χ0n) is 12.2. The highest BCUT2D eigenvalue weighted by atomic mass is 32.2. The molecule has 3 nitrogen and oxygen atoms in total.